The molecule has 1 aliphatic heterocycles. The van der Waals surface area contributed by atoms with Gasteiger partial charge < -0.3 is 9.47 Å². The van der Waals surface area contributed by atoms with E-state index in [1.807, 2.05) is 0 Å². The van der Waals surface area contributed by atoms with Crippen LogP contribution in [0.3, 0.4) is 0 Å². The van der Waals surface area contributed by atoms with Crippen LogP contribution < -0.4 is 0 Å². The van der Waals surface area contributed by atoms with Crippen LogP contribution in [0, 0.1) is 5.92 Å². The zero-order chi connectivity index (χ0) is 11.8. The second-order valence-electron chi connectivity index (χ2n) is 4.19. The number of cyclic esters (lactones) is 1. The Balaban J connectivity index is 2.19. The van der Waals surface area contributed by atoms with E-state index >= 15 is 0 Å². The van der Waals surface area contributed by atoms with Gasteiger partial charge in [-0.2, -0.15) is 0 Å². The molecule has 0 radical (unpaired) electrons. The van der Waals surface area contributed by atoms with E-state index in [1.165, 1.54) is 0 Å². The number of hydrogen-bond donors (Lipinski definition) is 0. The predicted octanol–water partition coefficient (Wildman–Crippen LogP) is 2.06. The van der Waals surface area contributed by atoms with Crippen molar-refractivity contribution in [3.05, 3.63) is 0 Å². The van der Waals surface area contributed by atoms with Crippen molar-refractivity contribution in [3.8, 4) is 0 Å². The van der Waals surface area contributed by atoms with E-state index < -0.39 is 0 Å². The van der Waals surface area contributed by atoms with Gasteiger partial charge in [0.05, 0.1) is 13.2 Å². The minimum atomic E-state index is -0.151. The van der Waals surface area contributed by atoms with E-state index in [2.05, 4.69) is 6.92 Å². The average Bonchev–Trinajstić information content (AvgIpc) is 2.44. The van der Waals surface area contributed by atoms with Crippen molar-refractivity contribution in [2.75, 3.05) is 13.2 Å². The average molecular weight is 228 g/mol. The summed E-state index contributed by atoms with van der Waals surface area (Å²) in [7, 11) is 0. The van der Waals surface area contributed by atoms with Gasteiger partial charge in [-0.1, -0.05) is 13.3 Å². The topological polar surface area (TPSA) is 52.6 Å². The standard InChI is InChI=1S/C12H20O4/c1-2-3-7-15-12(14)9-10-4-5-11(13)16-8-6-10/h10H,2-9H2,1H3. The van der Waals surface area contributed by atoms with Crippen molar-refractivity contribution in [2.45, 2.75) is 45.4 Å². The van der Waals surface area contributed by atoms with Gasteiger partial charge in [-0.25, -0.2) is 0 Å². The highest BCUT2D eigenvalue weighted by Gasteiger charge is 2.20. The summed E-state index contributed by atoms with van der Waals surface area (Å²) in [5, 5.41) is 0. The molecule has 92 valence electrons. The van der Waals surface area contributed by atoms with Crippen LogP contribution >= 0.6 is 0 Å². The first-order valence-electron chi connectivity index (χ1n) is 6.03. The fourth-order valence-corrected chi connectivity index (χ4v) is 1.71. The summed E-state index contributed by atoms with van der Waals surface area (Å²) >= 11 is 0. The summed E-state index contributed by atoms with van der Waals surface area (Å²) in [6.07, 6.45) is 4.29. The van der Waals surface area contributed by atoms with Crippen molar-refractivity contribution in [3.63, 3.8) is 0 Å². The lowest BCUT2D eigenvalue weighted by Crippen LogP contribution is -2.12. The molecule has 1 saturated heterocycles. The molecule has 0 amide bonds. The highest BCUT2D eigenvalue weighted by atomic mass is 16.5. The number of carbonyl (C=O) groups excluding carboxylic acids is 2. The first-order valence-corrected chi connectivity index (χ1v) is 6.03. The summed E-state index contributed by atoms with van der Waals surface area (Å²) in [6.45, 7) is 3.01. The number of carbonyl (C=O) groups is 2. The Morgan fingerprint density at radius 3 is 3.06 bits per heavy atom. The van der Waals surface area contributed by atoms with Crippen LogP contribution in [0.2, 0.25) is 0 Å². The van der Waals surface area contributed by atoms with Crippen molar-refractivity contribution in [1.29, 1.82) is 0 Å². The van der Waals surface area contributed by atoms with Crippen molar-refractivity contribution in [2.24, 2.45) is 5.92 Å². The molecule has 16 heavy (non-hydrogen) atoms. The Kier molecular flexibility index (Phi) is 5.90. The molecule has 1 aliphatic rings. The van der Waals surface area contributed by atoms with Gasteiger partial charge in [0, 0.05) is 12.8 Å². The van der Waals surface area contributed by atoms with Gasteiger partial charge in [-0.3, -0.25) is 9.59 Å². The lowest BCUT2D eigenvalue weighted by atomic mass is 9.97. The Morgan fingerprint density at radius 2 is 2.31 bits per heavy atom. The monoisotopic (exact) mass is 228 g/mol. The fourth-order valence-electron chi connectivity index (χ4n) is 1.71. The zero-order valence-corrected chi connectivity index (χ0v) is 9.87. The second kappa shape index (κ2) is 7.25. The molecule has 4 heteroatoms. The molecule has 1 unspecified atom stereocenters. The van der Waals surface area contributed by atoms with Crippen LogP contribution in [0.4, 0.5) is 0 Å². The first kappa shape index (κ1) is 13.0. The molecule has 0 aromatic rings. The van der Waals surface area contributed by atoms with E-state index in [9.17, 15) is 9.59 Å². The summed E-state index contributed by atoms with van der Waals surface area (Å²) in [5.74, 6) is -0.0600. The normalized spacial score (nSPS) is 21.1. The summed E-state index contributed by atoms with van der Waals surface area (Å²) in [5.41, 5.74) is 0. The predicted molar refractivity (Wildman–Crippen MR) is 58.8 cm³/mol. The summed E-state index contributed by atoms with van der Waals surface area (Å²) in [4.78, 5) is 22.4. The molecule has 4 nitrogen and oxygen atoms in total. The van der Waals surface area contributed by atoms with Gasteiger partial charge in [0.15, 0.2) is 0 Å². The van der Waals surface area contributed by atoms with E-state index in [4.69, 9.17) is 9.47 Å². The lowest BCUT2D eigenvalue weighted by Gasteiger charge is -2.11. The van der Waals surface area contributed by atoms with Gasteiger partial charge in [-0.15, -0.1) is 0 Å². The molecule has 0 saturated carbocycles. The van der Waals surface area contributed by atoms with Gasteiger partial charge in [0.1, 0.15) is 0 Å². The van der Waals surface area contributed by atoms with Gasteiger partial charge >= 0.3 is 11.9 Å². The Morgan fingerprint density at radius 1 is 1.50 bits per heavy atom. The number of rotatable bonds is 5. The van der Waals surface area contributed by atoms with E-state index in [-0.39, 0.29) is 17.9 Å². The second-order valence-corrected chi connectivity index (χ2v) is 4.19. The molecular formula is C12H20O4. The smallest absolute Gasteiger partial charge is 0.306 e. The number of unbranched alkanes of at least 4 members (excludes halogenated alkanes) is 1. The minimum absolute atomic E-state index is 0.146. The van der Waals surface area contributed by atoms with Crippen LogP contribution in [-0.2, 0) is 19.1 Å². The van der Waals surface area contributed by atoms with Gasteiger partial charge in [-0.05, 0) is 25.2 Å². The van der Waals surface area contributed by atoms with E-state index in [1.54, 1.807) is 0 Å². The van der Waals surface area contributed by atoms with E-state index in [0.29, 0.717) is 26.1 Å². The molecular weight excluding hydrogens is 208 g/mol. The molecule has 1 heterocycles. The van der Waals surface area contributed by atoms with Crippen LogP contribution in [0.25, 0.3) is 0 Å². The largest absolute Gasteiger partial charge is 0.466 e. The molecule has 0 aromatic carbocycles. The van der Waals surface area contributed by atoms with Crippen LogP contribution in [-0.4, -0.2) is 25.2 Å². The third-order valence-electron chi connectivity index (χ3n) is 2.76. The fraction of sp³-hybridized carbons (Fsp3) is 0.833. The van der Waals surface area contributed by atoms with Crippen LogP contribution in [0.5, 0.6) is 0 Å². The molecule has 0 spiro atoms. The maximum atomic E-state index is 11.4. The highest BCUT2D eigenvalue weighted by Crippen LogP contribution is 2.20. The maximum absolute atomic E-state index is 11.4. The minimum Gasteiger partial charge on any atom is -0.466 e. The summed E-state index contributed by atoms with van der Waals surface area (Å²) in [6, 6.07) is 0. The molecule has 0 aromatic heterocycles. The number of esters is 2. The maximum Gasteiger partial charge on any atom is 0.306 e. The molecule has 1 atom stereocenters. The zero-order valence-electron chi connectivity index (χ0n) is 9.87. The molecule has 0 aliphatic carbocycles. The Hall–Kier alpha value is -1.06. The Bertz CT molecular complexity index is 237. The van der Waals surface area contributed by atoms with Gasteiger partial charge in [0.25, 0.3) is 0 Å². The molecule has 1 rings (SSSR count). The van der Waals surface area contributed by atoms with E-state index in [0.717, 1.165) is 25.7 Å². The number of hydrogen-bond acceptors (Lipinski definition) is 4. The quantitative estimate of drug-likeness (QED) is 0.534. The van der Waals surface area contributed by atoms with Crippen molar-refractivity contribution >= 4 is 11.9 Å². The molecule has 1 fully saturated rings. The lowest BCUT2D eigenvalue weighted by molar-refractivity contribution is -0.145. The van der Waals surface area contributed by atoms with Crippen molar-refractivity contribution < 1.29 is 19.1 Å². The number of ether oxygens (including phenoxy) is 2. The Labute approximate surface area is 96.3 Å². The van der Waals surface area contributed by atoms with Crippen LogP contribution in [0.15, 0.2) is 0 Å². The van der Waals surface area contributed by atoms with Crippen molar-refractivity contribution in [1.82, 2.24) is 0 Å². The highest BCUT2D eigenvalue weighted by molar-refractivity contribution is 5.71. The molecule has 0 bridgehead atoms. The summed E-state index contributed by atoms with van der Waals surface area (Å²) < 4.78 is 10.0. The van der Waals surface area contributed by atoms with Crippen LogP contribution in [0.1, 0.15) is 45.4 Å². The molecule has 0 N–H and O–H groups in total. The van der Waals surface area contributed by atoms with Gasteiger partial charge in [0.2, 0.25) is 0 Å². The SMILES string of the molecule is CCCCOC(=O)CC1CCOC(=O)CC1. The first-order chi connectivity index (χ1) is 7.72. The third-order valence-corrected chi connectivity index (χ3v) is 2.76. The third kappa shape index (κ3) is 5.14.